The van der Waals surface area contributed by atoms with Crippen LogP contribution in [0.1, 0.15) is 63.2 Å². The third-order valence-electron chi connectivity index (χ3n) is 4.44. The number of para-hydroxylation sites is 1. The third kappa shape index (κ3) is 5.42. The summed E-state index contributed by atoms with van der Waals surface area (Å²) >= 11 is 0. The van der Waals surface area contributed by atoms with E-state index in [2.05, 4.69) is 6.92 Å². The Kier molecular flexibility index (Phi) is 6.74. The van der Waals surface area contributed by atoms with Gasteiger partial charge in [-0.05, 0) is 42.8 Å². The van der Waals surface area contributed by atoms with Crippen molar-refractivity contribution in [1.82, 2.24) is 0 Å². The molecule has 2 nitrogen and oxygen atoms in total. The van der Waals surface area contributed by atoms with Gasteiger partial charge in [0.15, 0.2) is 5.78 Å². The standard InChI is InChI=1S/C22H27FO2/c1-4-5-6-9-16-22(2,3)21(24)19-10-7-8-11-20(19)25-18-14-12-17(23)13-15-18/h7-8,10-15H,4-6,9,16H2,1-3H3. The van der Waals surface area contributed by atoms with Gasteiger partial charge in [0, 0.05) is 5.41 Å². The highest BCUT2D eigenvalue weighted by Gasteiger charge is 2.30. The number of carbonyl (C=O) groups excluding carboxylic acids is 1. The molecule has 25 heavy (non-hydrogen) atoms. The van der Waals surface area contributed by atoms with Crippen molar-refractivity contribution in [2.75, 3.05) is 0 Å². The summed E-state index contributed by atoms with van der Waals surface area (Å²) in [4.78, 5) is 13.1. The maximum absolute atomic E-state index is 13.1. The third-order valence-corrected chi connectivity index (χ3v) is 4.44. The number of hydrogen-bond donors (Lipinski definition) is 0. The lowest BCUT2D eigenvalue weighted by Gasteiger charge is -2.24. The second kappa shape index (κ2) is 8.80. The molecule has 0 atom stereocenters. The summed E-state index contributed by atoms with van der Waals surface area (Å²) in [5.74, 6) is 0.801. The van der Waals surface area contributed by atoms with Crippen LogP contribution < -0.4 is 4.74 Å². The molecule has 0 aliphatic carbocycles. The van der Waals surface area contributed by atoms with E-state index in [4.69, 9.17) is 4.74 Å². The number of Topliss-reactive ketones (excluding diaryl/α,β-unsaturated/α-hetero) is 1. The van der Waals surface area contributed by atoms with Gasteiger partial charge in [-0.3, -0.25) is 4.79 Å². The highest BCUT2D eigenvalue weighted by molar-refractivity contribution is 6.02. The van der Waals surface area contributed by atoms with Gasteiger partial charge in [-0.2, -0.15) is 0 Å². The second-order valence-electron chi connectivity index (χ2n) is 7.08. The number of halogens is 1. The van der Waals surface area contributed by atoms with Crippen molar-refractivity contribution in [3.63, 3.8) is 0 Å². The average molecular weight is 342 g/mol. The molecule has 0 amide bonds. The van der Waals surface area contributed by atoms with E-state index in [-0.39, 0.29) is 11.6 Å². The number of ether oxygens (including phenoxy) is 1. The van der Waals surface area contributed by atoms with E-state index < -0.39 is 5.41 Å². The van der Waals surface area contributed by atoms with Crippen LogP contribution in [0, 0.1) is 11.2 Å². The minimum absolute atomic E-state index is 0.0849. The van der Waals surface area contributed by atoms with Gasteiger partial charge in [0.1, 0.15) is 17.3 Å². The molecule has 2 aromatic rings. The molecule has 0 saturated carbocycles. The molecule has 134 valence electrons. The topological polar surface area (TPSA) is 26.3 Å². The number of ketones is 1. The lowest BCUT2D eigenvalue weighted by Crippen LogP contribution is -2.24. The van der Waals surface area contributed by atoms with Crippen LogP contribution >= 0.6 is 0 Å². The van der Waals surface area contributed by atoms with Crippen LogP contribution in [0.4, 0.5) is 4.39 Å². The predicted molar refractivity (Wildman–Crippen MR) is 99.8 cm³/mol. The Hall–Kier alpha value is -2.16. The molecule has 0 unspecified atom stereocenters. The van der Waals surface area contributed by atoms with Crippen LogP contribution in [0.15, 0.2) is 48.5 Å². The lowest BCUT2D eigenvalue weighted by atomic mass is 9.79. The number of unbranched alkanes of at least 4 members (excludes halogenated alkanes) is 3. The van der Waals surface area contributed by atoms with Crippen LogP contribution in [-0.4, -0.2) is 5.78 Å². The van der Waals surface area contributed by atoms with Gasteiger partial charge in [0.05, 0.1) is 5.56 Å². The largest absolute Gasteiger partial charge is 0.457 e. The minimum atomic E-state index is -0.435. The smallest absolute Gasteiger partial charge is 0.172 e. The summed E-state index contributed by atoms with van der Waals surface area (Å²) in [6, 6.07) is 13.1. The van der Waals surface area contributed by atoms with E-state index in [9.17, 15) is 9.18 Å². The highest BCUT2D eigenvalue weighted by atomic mass is 19.1. The first-order chi connectivity index (χ1) is 11.9. The Morgan fingerprint density at radius 1 is 1.00 bits per heavy atom. The maximum atomic E-state index is 13.1. The van der Waals surface area contributed by atoms with Crippen LogP contribution in [0.3, 0.4) is 0 Å². The molecule has 2 rings (SSSR count). The summed E-state index contributed by atoms with van der Waals surface area (Å²) in [5, 5.41) is 0. The van der Waals surface area contributed by atoms with Crippen LogP contribution in [0.5, 0.6) is 11.5 Å². The van der Waals surface area contributed by atoms with Crippen molar-refractivity contribution < 1.29 is 13.9 Å². The second-order valence-corrected chi connectivity index (χ2v) is 7.08. The Bertz CT molecular complexity index is 689. The number of carbonyl (C=O) groups is 1. The van der Waals surface area contributed by atoms with Gasteiger partial charge in [-0.1, -0.05) is 58.6 Å². The molecule has 3 heteroatoms. The summed E-state index contributed by atoms with van der Waals surface area (Å²) in [5.41, 5.74) is 0.142. The summed E-state index contributed by atoms with van der Waals surface area (Å²) in [6.45, 7) is 6.17. The summed E-state index contributed by atoms with van der Waals surface area (Å²) in [7, 11) is 0. The zero-order valence-electron chi connectivity index (χ0n) is 15.3. The molecule has 0 aliphatic heterocycles. The van der Waals surface area contributed by atoms with Crippen molar-refractivity contribution in [2.45, 2.75) is 52.9 Å². The Labute approximate surface area is 150 Å². The molecular formula is C22H27FO2. The molecule has 0 N–H and O–H groups in total. The Morgan fingerprint density at radius 2 is 1.68 bits per heavy atom. The van der Waals surface area contributed by atoms with Crippen molar-refractivity contribution >= 4 is 5.78 Å². The first kappa shape index (κ1) is 19.2. The molecule has 0 bridgehead atoms. The van der Waals surface area contributed by atoms with E-state index in [1.165, 1.54) is 25.0 Å². The maximum Gasteiger partial charge on any atom is 0.172 e. The van der Waals surface area contributed by atoms with Gasteiger partial charge in [-0.25, -0.2) is 4.39 Å². The normalized spacial score (nSPS) is 11.4. The van der Waals surface area contributed by atoms with Crippen molar-refractivity contribution in [3.05, 3.63) is 59.9 Å². The van der Waals surface area contributed by atoms with E-state index >= 15 is 0 Å². The van der Waals surface area contributed by atoms with Crippen molar-refractivity contribution in [3.8, 4) is 11.5 Å². The van der Waals surface area contributed by atoms with Crippen LogP contribution in [-0.2, 0) is 0 Å². The lowest BCUT2D eigenvalue weighted by molar-refractivity contribution is 0.0820. The molecule has 2 aromatic carbocycles. The number of benzene rings is 2. The van der Waals surface area contributed by atoms with E-state index in [1.54, 1.807) is 24.3 Å². The average Bonchev–Trinajstić information content (AvgIpc) is 2.60. The van der Waals surface area contributed by atoms with Gasteiger partial charge in [0.25, 0.3) is 0 Å². The van der Waals surface area contributed by atoms with Gasteiger partial charge in [0.2, 0.25) is 0 Å². The predicted octanol–water partition coefficient (Wildman–Crippen LogP) is 6.80. The van der Waals surface area contributed by atoms with E-state index in [0.29, 0.717) is 17.1 Å². The molecule has 0 spiro atoms. The number of hydrogen-bond acceptors (Lipinski definition) is 2. The van der Waals surface area contributed by atoms with Crippen LogP contribution in [0.25, 0.3) is 0 Å². The zero-order chi connectivity index (χ0) is 18.3. The molecule has 0 heterocycles. The fraction of sp³-hybridized carbons (Fsp3) is 0.409. The first-order valence-corrected chi connectivity index (χ1v) is 9.01. The minimum Gasteiger partial charge on any atom is -0.457 e. The molecular weight excluding hydrogens is 315 g/mol. The fourth-order valence-corrected chi connectivity index (χ4v) is 2.84. The summed E-state index contributed by atoms with van der Waals surface area (Å²) in [6.07, 6.45) is 5.45. The molecule has 0 radical (unpaired) electrons. The SMILES string of the molecule is CCCCCCC(C)(C)C(=O)c1ccccc1Oc1ccc(F)cc1. The molecule has 0 saturated heterocycles. The Balaban J connectivity index is 2.15. The molecule has 0 fully saturated rings. The highest BCUT2D eigenvalue weighted by Crippen LogP contribution is 2.34. The first-order valence-electron chi connectivity index (χ1n) is 9.01. The molecule has 0 aromatic heterocycles. The van der Waals surface area contributed by atoms with Gasteiger partial charge in [-0.15, -0.1) is 0 Å². The van der Waals surface area contributed by atoms with Gasteiger partial charge >= 0.3 is 0 Å². The quantitative estimate of drug-likeness (QED) is 0.370. The molecule has 0 aliphatic rings. The van der Waals surface area contributed by atoms with Gasteiger partial charge < -0.3 is 4.74 Å². The zero-order valence-corrected chi connectivity index (χ0v) is 15.3. The summed E-state index contributed by atoms with van der Waals surface area (Å²) < 4.78 is 18.9. The van der Waals surface area contributed by atoms with E-state index in [0.717, 1.165) is 19.3 Å². The van der Waals surface area contributed by atoms with E-state index in [1.807, 2.05) is 26.0 Å². The van der Waals surface area contributed by atoms with Crippen LogP contribution in [0.2, 0.25) is 0 Å². The van der Waals surface area contributed by atoms with Crippen molar-refractivity contribution in [2.24, 2.45) is 5.41 Å². The van der Waals surface area contributed by atoms with Crippen molar-refractivity contribution in [1.29, 1.82) is 0 Å². The monoisotopic (exact) mass is 342 g/mol. The number of rotatable bonds is 9. The Morgan fingerprint density at radius 3 is 2.36 bits per heavy atom. The fourth-order valence-electron chi connectivity index (χ4n) is 2.84.